The Morgan fingerprint density at radius 2 is 2.43 bits per heavy atom. The van der Waals surface area contributed by atoms with Gasteiger partial charge in [0.05, 0.1) is 24.4 Å². The number of hydrogen-bond donors (Lipinski definition) is 0. The highest BCUT2D eigenvalue weighted by atomic mass is 35.5. The van der Waals surface area contributed by atoms with Gasteiger partial charge in [-0.3, -0.25) is 0 Å². The first-order valence-corrected chi connectivity index (χ1v) is 4.47. The molecule has 14 heavy (non-hydrogen) atoms. The lowest BCUT2D eigenvalue weighted by Gasteiger charge is -1.98. The van der Waals surface area contributed by atoms with Crippen LogP contribution in [0, 0.1) is 18.3 Å². The van der Waals surface area contributed by atoms with E-state index in [1.54, 1.807) is 16.8 Å². The van der Waals surface area contributed by atoms with Crippen LogP contribution in [0.1, 0.15) is 11.3 Å². The second kappa shape index (κ2) is 3.28. The maximum atomic E-state index is 8.63. The molecule has 5 heteroatoms. The molecule has 0 N–H and O–H groups in total. The van der Waals surface area contributed by atoms with Crippen LogP contribution in [0.2, 0.25) is 5.15 Å². The number of halogens is 1. The average molecular weight is 207 g/mol. The van der Waals surface area contributed by atoms with E-state index in [9.17, 15) is 0 Å². The number of aryl methyl sites for hydroxylation is 1. The summed E-state index contributed by atoms with van der Waals surface area (Å²) < 4.78 is 1.60. The summed E-state index contributed by atoms with van der Waals surface area (Å²) in [5.74, 6) is 0. The molecule has 2 rings (SSSR count). The Bertz CT molecular complexity index is 523. The SMILES string of the molecule is Cc1cn2nc(Cl)cc(CC#N)c2n1. The van der Waals surface area contributed by atoms with Crippen LogP contribution in [0.15, 0.2) is 12.3 Å². The van der Waals surface area contributed by atoms with Crippen LogP contribution in [0.3, 0.4) is 0 Å². The molecule has 0 amide bonds. The minimum atomic E-state index is 0.294. The molecule has 2 heterocycles. The van der Waals surface area contributed by atoms with Crippen LogP contribution in [0.4, 0.5) is 0 Å². The maximum Gasteiger partial charge on any atom is 0.158 e. The van der Waals surface area contributed by atoms with Crippen LogP contribution in [0.5, 0.6) is 0 Å². The van der Waals surface area contributed by atoms with Crippen LogP contribution < -0.4 is 0 Å². The van der Waals surface area contributed by atoms with Crippen LogP contribution in [-0.2, 0) is 6.42 Å². The molecule has 0 atom stereocenters. The fraction of sp³-hybridized carbons (Fsp3) is 0.222. The molecule has 0 saturated carbocycles. The zero-order valence-electron chi connectivity index (χ0n) is 7.53. The smallest absolute Gasteiger partial charge is 0.158 e. The number of nitriles is 1. The van der Waals surface area contributed by atoms with Gasteiger partial charge in [0.25, 0.3) is 0 Å². The molecule has 2 aromatic rings. The number of nitrogens with zero attached hydrogens (tertiary/aromatic N) is 4. The van der Waals surface area contributed by atoms with Gasteiger partial charge < -0.3 is 0 Å². The van der Waals surface area contributed by atoms with Crippen molar-refractivity contribution in [1.82, 2.24) is 14.6 Å². The van der Waals surface area contributed by atoms with E-state index in [0.717, 1.165) is 11.3 Å². The predicted octanol–water partition coefficient (Wildman–Crippen LogP) is 1.76. The van der Waals surface area contributed by atoms with E-state index in [1.165, 1.54) is 0 Å². The second-order valence-electron chi connectivity index (χ2n) is 2.98. The standard InChI is InChI=1S/C9H7ClN4/c1-6-5-14-9(12-6)7(2-3-11)4-8(10)13-14/h4-5H,2H2,1H3. The van der Waals surface area contributed by atoms with E-state index in [0.29, 0.717) is 17.2 Å². The van der Waals surface area contributed by atoms with Crippen LogP contribution in [-0.4, -0.2) is 14.6 Å². The molecule has 0 spiro atoms. The highest BCUT2D eigenvalue weighted by Crippen LogP contribution is 2.14. The van der Waals surface area contributed by atoms with Gasteiger partial charge in [-0.05, 0) is 13.0 Å². The molecule has 0 aliphatic carbocycles. The first-order chi connectivity index (χ1) is 6.70. The molecule has 0 fully saturated rings. The highest BCUT2D eigenvalue weighted by Gasteiger charge is 2.06. The van der Waals surface area contributed by atoms with Crippen molar-refractivity contribution in [2.45, 2.75) is 13.3 Å². The van der Waals surface area contributed by atoms with Gasteiger partial charge in [0.1, 0.15) is 5.15 Å². The number of rotatable bonds is 1. The van der Waals surface area contributed by atoms with Gasteiger partial charge >= 0.3 is 0 Å². The lowest BCUT2D eigenvalue weighted by Crippen LogP contribution is -1.95. The minimum absolute atomic E-state index is 0.294. The largest absolute Gasteiger partial charge is 0.232 e. The van der Waals surface area contributed by atoms with Crippen molar-refractivity contribution in [3.63, 3.8) is 0 Å². The van der Waals surface area contributed by atoms with Crippen molar-refractivity contribution in [1.29, 1.82) is 5.26 Å². The van der Waals surface area contributed by atoms with Gasteiger partial charge in [0.15, 0.2) is 5.65 Å². The van der Waals surface area contributed by atoms with E-state index < -0.39 is 0 Å². The predicted molar refractivity (Wildman–Crippen MR) is 52.1 cm³/mol. The van der Waals surface area contributed by atoms with E-state index in [4.69, 9.17) is 16.9 Å². The van der Waals surface area contributed by atoms with Crippen molar-refractivity contribution in [3.8, 4) is 6.07 Å². The molecule has 0 unspecified atom stereocenters. The molecule has 0 radical (unpaired) electrons. The topological polar surface area (TPSA) is 54.0 Å². The average Bonchev–Trinajstić information content (AvgIpc) is 2.45. The third-order valence-electron chi connectivity index (χ3n) is 1.86. The number of hydrogen-bond acceptors (Lipinski definition) is 3. The summed E-state index contributed by atoms with van der Waals surface area (Å²) in [6.45, 7) is 1.87. The molecular formula is C9H7ClN4. The Balaban J connectivity index is 2.74. The lowest BCUT2D eigenvalue weighted by atomic mass is 10.2. The third kappa shape index (κ3) is 1.42. The molecule has 0 aliphatic heterocycles. The van der Waals surface area contributed by atoms with E-state index in [-0.39, 0.29) is 0 Å². The fourth-order valence-electron chi connectivity index (χ4n) is 1.34. The summed E-state index contributed by atoms with van der Waals surface area (Å²) in [6.07, 6.45) is 2.07. The monoisotopic (exact) mass is 206 g/mol. The summed E-state index contributed by atoms with van der Waals surface area (Å²) in [5, 5.41) is 13.1. The Kier molecular flexibility index (Phi) is 2.10. The van der Waals surface area contributed by atoms with E-state index >= 15 is 0 Å². The zero-order chi connectivity index (χ0) is 10.1. The first kappa shape index (κ1) is 8.97. The minimum Gasteiger partial charge on any atom is -0.232 e. The molecule has 2 aromatic heterocycles. The molecular weight excluding hydrogens is 200 g/mol. The van der Waals surface area contributed by atoms with Crippen molar-refractivity contribution < 1.29 is 0 Å². The van der Waals surface area contributed by atoms with Gasteiger partial charge in [0.2, 0.25) is 0 Å². The van der Waals surface area contributed by atoms with Crippen molar-refractivity contribution in [3.05, 3.63) is 28.7 Å². The Morgan fingerprint density at radius 1 is 1.64 bits per heavy atom. The summed E-state index contributed by atoms with van der Waals surface area (Å²) >= 11 is 5.80. The summed E-state index contributed by atoms with van der Waals surface area (Å²) in [4.78, 5) is 4.26. The lowest BCUT2D eigenvalue weighted by molar-refractivity contribution is 0.922. The van der Waals surface area contributed by atoms with Gasteiger partial charge in [-0.2, -0.15) is 10.4 Å². The molecule has 0 aliphatic rings. The van der Waals surface area contributed by atoms with Gasteiger partial charge in [-0.1, -0.05) is 11.6 Å². The fourth-order valence-corrected chi connectivity index (χ4v) is 1.55. The Hall–Kier alpha value is -1.60. The summed E-state index contributed by atoms with van der Waals surface area (Å²) in [6, 6.07) is 3.75. The molecule has 0 aromatic carbocycles. The Labute approximate surface area is 85.7 Å². The third-order valence-corrected chi connectivity index (χ3v) is 2.05. The van der Waals surface area contributed by atoms with Crippen molar-refractivity contribution in [2.24, 2.45) is 0 Å². The van der Waals surface area contributed by atoms with Crippen LogP contribution in [0.25, 0.3) is 5.65 Å². The molecule has 4 nitrogen and oxygen atoms in total. The summed E-state index contributed by atoms with van der Waals surface area (Å²) in [7, 11) is 0. The van der Waals surface area contributed by atoms with Crippen LogP contribution >= 0.6 is 11.6 Å². The quantitative estimate of drug-likeness (QED) is 0.715. The Morgan fingerprint density at radius 3 is 3.14 bits per heavy atom. The van der Waals surface area contributed by atoms with E-state index in [2.05, 4.69) is 16.2 Å². The molecule has 0 saturated heterocycles. The van der Waals surface area contributed by atoms with Gasteiger partial charge in [-0.25, -0.2) is 9.50 Å². The second-order valence-corrected chi connectivity index (χ2v) is 3.36. The van der Waals surface area contributed by atoms with Gasteiger partial charge in [-0.15, -0.1) is 0 Å². The number of aromatic nitrogens is 3. The van der Waals surface area contributed by atoms with Crippen molar-refractivity contribution in [2.75, 3.05) is 0 Å². The highest BCUT2D eigenvalue weighted by molar-refractivity contribution is 6.29. The molecule has 0 bridgehead atoms. The normalized spacial score (nSPS) is 10.4. The van der Waals surface area contributed by atoms with Crippen molar-refractivity contribution >= 4 is 17.2 Å². The van der Waals surface area contributed by atoms with E-state index in [1.807, 2.05) is 6.92 Å². The van der Waals surface area contributed by atoms with Gasteiger partial charge in [0, 0.05) is 5.56 Å². The maximum absolute atomic E-state index is 8.63. The summed E-state index contributed by atoms with van der Waals surface area (Å²) in [5.41, 5.74) is 2.37. The first-order valence-electron chi connectivity index (χ1n) is 4.09. The number of fused-ring (bicyclic) bond motifs is 1. The number of imidazole rings is 1. The molecule has 70 valence electrons. The zero-order valence-corrected chi connectivity index (χ0v) is 8.28.